The van der Waals surface area contributed by atoms with Crippen LogP contribution in [0.15, 0.2) is 40.9 Å². The first kappa shape index (κ1) is 14.1. The standard InChI is InChI=1S/C17H15BrO3/c1-11-3-5-13(18)10-14(11)17(19)12-4-6-15-16(9-12)21-8-2-7-20-15/h3-6,9-10H,2,7-8H2,1H3. The molecule has 4 heteroatoms. The van der Waals surface area contributed by atoms with Gasteiger partial charge in [0.05, 0.1) is 13.2 Å². The average molecular weight is 347 g/mol. The molecule has 0 fully saturated rings. The third-order valence-electron chi connectivity index (χ3n) is 3.45. The van der Waals surface area contributed by atoms with Crippen molar-refractivity contribution in [1.82, 2.24) is 0 Å². The highest BCUT2D eigenvalue weighted by molar-refractivity contribution is 9.10. The molecule has 3 nitrogen and oxygen atoms in total. The maximum absolute atomic E-state index is 12.7. The molecular weight excluding hydrogens is 332 g/mol. The summed E-state index contributed by atoms with van der Waals surface area (Å²) < 4.78 is 12.1. The van der Waals surface area contributed by atoms with Gasteiger partial charge < -0.3 is 9.47 Å². The van der Waals surface area contributed by atoms with E-state index in [1.54, 1.807) is 18.2 Å². The van der Waals surface area contributed by atoms with Crippen LogP contribution in [-0.4, -0.2) is 19.0 Å². The number of halogens is 1. The van der Waals surface area contributed by atoms with Gasteiger partial charge in [0.15, 0.2) is 17.3 Å². The van der Waals surface area contributed by atoms with Crippen molar-refractivity contribution in [3.05, 3.63) is 57.6 Å². The molecule has 2 aromatic rings. The second-order valence-electron chi connectivity index (χ2n) is 5.00. The van der Waals surface area contributed by atoms with Crippen molar-refractivity contribution in [2.24, 2.45) is 0 Å². The predicted molar refractivity (Wildman–Crippen MR) is 84.4 cm³/mol. The fourth-order valence-electron chi connectivity index (χ4n) is 2.30. The zero-order chi connectivity index (χ0) is 14.8. The number of ether oxygens (including phenoxy) is 2. The Kier molecular flexibility index (Phi) is 3.97. The summed E-state index contributed by atoms with van der Waals surface area (Å²) in [5.74, 6) is 1.34. The maximum Gasteiger partial charge on any atom is 0.193 e. The van der Waals surface area contributed by atoms with Gasteiger partial charge in [0.25, 0.3) is 0 Å². The minimum Gasteiger partial charge on any atom is -0.490 e. The molecule has 0 amide bonds. The average Bonchev–Trinajstić information content (AvgIpc) is 2.73. The lowest BCUT2D eigenvalue weighted by atomic mass is 9.99. The van der Waals surface area contributed by atoms with Crippen LogP contribution >= 0.6 is 15.9 Å². The van der Waals surface area contributed by atoms with Crippen LogP contribution in [-0.2, 0) is 0 Å². The second-order valence-corrected chi connectivity index (χ2v) is 5.92. The zero-order valence-electron chi connectivity index (χ0n) is 11.7. The maximum atomic E-state index is 12.7. The molecule has 108 valence electrons. The van der Waals surface area contributed by atoms with E-state index in [9.17, 15) is 4.79 Å². The van der Waals surface area contributed by atoms with E-state index in [0.29, 0.717) is 35.8 Å². The molecule has 0 aliphatic carbocycles. The van der Waals surface area contributed by atoms with Crippen molar-refractivity contribution >= 4 is 21.7 Å². The first-order valence-electron chi connectivity index (χ1n) is 6.85. The fourth-order valence-corrected chi connectivity index (χ4v) is 2.66. The second kappa shape index (κ2) is 5.90. The van der Waals surface area contributed by atoms with Gasteiger partial charge in [0.2, 0.25) is 0 Å². The lowest BCUT2D eigenvalue weighted by Gasteiger charge is -2.10. The van der Waals surface area contributed by atoms with Gasteiger partial charge in [-0.25, -0.2) is 0 Å². The smallest absolute Gasteiger partial charge is 0.193 e. The molecule has 0 atom stereocenters. The van der Waals surface area contributed by atoms with Crippen molar-refractivity contribution in [3.8, 4) is 11.5 Å². The van der Waals surface area contributed by atoms with E-state index in [0.717, 1.165) is 16.5 Å². The van der Waals surface area contributed by atoms with Crippen LogP contribution in [0.3, 0.4) is 0 Å². The van der Waals surface area contributed by atoms with Gasteiger partial charge in [-0.2, -0.15) is 0 Å². The van der Waals surface area contributed by atoms with E-state index >= 15 is 0 Å². The Morgan fingerprint density at radius 3 is 2.62 bits per heavy atom. The van der Waals surface area contributed by atoms with Crippen LogP contribution in [0.2, 0.25) is 0 Å². The monoisotopic (exact) mass is 346 g/mol. The Labute approximate surface area is 132 Å². The van der Waals surface area contributed by atoms with Gasteiger partial charge in [0, 0.05) is 22.0 Å². The normalized spacial score (nSPS) is 13.6. The minimum absolute atomic E-state index is 0.00977. The summed E-state index contributed by atoms with van der Waals surface area (Å²) in [4.78, 5) is 12.7. The van der Waals surface area contributed by atoms with Crippen LogP contribution < -0.4 is 9.47 Å². The number of carbonyl (C=O) groups is 1. The van der Waals surface area contributed by atoms with Crippen molar-refractivity contribution in [1.29, 1.82) is 0 Å². The minimum atomic E-state index is -0.00977. The molecule has 3 rings (SSSR count). The molecule has 0 radical (unpaired) electrons. The number of hydrogen-bond acceptors (Lipinski definition) is 3. The highest BCUT2D eigenvalue weighted by atomic mass is 79.9. The van der Waals surface area contributed by atoms with Gasteiger partial charge in [0.1, 0.15) is 0 Å². The number of rotatable bonds is 2. The molecule has 0 N–H and O–H groups in total. The first-order chi connectivity index (χ1) is 10.1. The van der Waals surface area contributed by atoms with Crippen LogP contribution in [0, 0.1) is 6.92 Å². The van der Waals surface area contributed by atoms with E-state index in [1.165, 1.54) is 0 Å². The SMILES string of the molecule is Cc1ccc(Br)cc1C(=O)c1ccc2c(c1)OCCCO2. The molecule has 0 aromatic heterocycles. The number of ketones is 1. The third-order valence-corrected chi connectivity index (χ3v) is 3.95. The summed E-state index contributed by atoms with van der Waals surface area (Å²) in [6.45, 7) is 3.19. The molecule has 0 bridgehead atoms. The largest absolute Gasteiger partial charge is 0.490 e. The van der Waals surface area contributed by atoms with Gasteiger partial charge in [-0.3, -0.25) is 4.79 Å². The van der Waals surface area contributed by atoms with Crippen molar-refractivity contribution in [3.63, 3.8) is 0 Å². The Morgan fingerprint density at radius 2 is 1.81 bits per heavy atom. The summed E-state index contributed by atoms with van der Waals surface area (Å²) in [5.41, 5.74) is 2.26. The zero-order valence-corrected chi connectivity index (χ0v) is 13.3. The Hall–Kier alpha value is -1.81. The Bertz CT molecular complexity index is 694. The van der Waals surface area contributed by atoms with Crippen molar-refractivity contribution < 1.29 is 14.3 Å². The molecule has 0 saturated carbocycles. The lowest BCUT2D eigenvalue weighted by molar-refractivity contribution is 0.103. The molecule has 21 heavy (non-hydrogen) atoms. The number of aryl methyl sites for hydroxylation is 1. The van der Waals surface area contributed by atoms with Gasteiger partial charge in [-0.1, -0.05) is 22.0 Å². The number of benzene rings is 2. The molecule has 0 unspecified atom stereocenters. The van der Waals surface area contributed by atoms with Gasteiger partial charge in [-0.15, -0.1) is 0 Å². The third kappa shape index (κ3) is 2.95. The van der Waals surface area contributed by atoms with Crippen LogP contribution in [0.4, 0.5) is 0 Å². The van der Waals surface area contributed by atoms with Gasteiger partial charge >= 0.3 is 0 Å². The molecule has 1 aliphatic rings. The number of carbonyl (C=O) groups excluding carboxylic acids is 1. The highest BCUT2D eigenvalue weighted by Crippen LogP contribution is 2.31. The van der Waals surface area contributed by atoms with Crippen LogP contribution in [0.1, 0.15) is 27.9 Å². The van der Waals surface area contributed by atoms with E-state index < -0.39 is 0 Å². The Morgan fingerprint density at radius 1 is 1.05 bits per heavy atom. The van der Waals surface area contributed by atoms with Crippen molar-refractivity contribution in [2.75, 3.05) is 13.2 Å². The molecular formula is C17H15BrO3. The lowest BCUT2D eigenvalue weighted by Crippen LogP contribution is -2.04. The van der Waals surface area contributed by atoms with E-state index in [2.05, 4.69) is 15.9 Å². The molecule has 1 aliphatic heterocycles. The molecule has 0 saturated heterocycles. The number of hydrogen-bond donors (Lipinski definition) is 0. The summed E-state index contributed by atoms with van der Waals surface area (Å²) in [7, 11) is 0. The summed E-state index contributed by atoms with van der Waals surface area (Å²) in [6, 6.07) is 11.1. The predicted octanol–water partition coefficient (Wildman–Crippen LogP) is 4.15. The van der Waals surface area contributed by atoms with Crippen LogP contribution in [0.25, 0.3) is 0 Å². The quantitative estimate of drug-likeness (QED) is 0.766. The van der Waals surface area contributed by atoms with Gasteiger partial charge in [-0.05, 0) is 42.8 Å². The molecule has 1 heterocycles. The van der Waals surface area contributed by atoms with Crippen LogP contribution in [0.5, 0.6) is 11.5 Å². The summed E-state index contributed by atoms with van der Waals surface area (Å²) >= 11 is 3.41. The highest BCUT2D eigenvalue weighted by Gasteiger charge is 2.16. The number of fused-ring (bicyclic) bond motifs is 1. The first-order valence-corrected chi connectivity index (χ1v) is 7.65. The summed E-state index contributed by atoms with van der Waals surface area (Å²) in [5, 5.41) is 0. The van der Waals surface area contributed by atoms with E-state index in [-0.39, 0.29) is 5.78 Å². The fraction of sp³-hybridized carbons (Fsp3) is 0.235. The Balaban J connectivity index is 1.98. The topological polar surface area (TPSA) is 35.5 Å². The van der Waals surface area contributed by atoms with E-state index in [1.807, 2.05) is 25.1 Å². The summed E-state index contributed by atoms with van der Waals surface area (Å²) in [6.07, 6.45) is 0.850. The molecule has 2 aromatic carbocycles. The van der Waals surface area contributed by atoms with Crippen molar-refractivity contribution in [2.45, 2.75) is 13.3 Å². The van der Waals surface area contributed by atoms with E-state index in [4.69, 9.17) is 9.47 Å². The molecule has 0 spiro atoms.